The van der Waals surface area contributed by atoms with E-state index >= 15 is 0 Å². The first-order valence-electron chi connectivity index (χ1n) is 7.39. The minimum Gasteiger partial charge on any atom is -0.282 e. The largest absolute Gasteiger partial charge is 0.292 e. The van der Waals surface area contributed by atoms with Crippen LogP contribution in [0.2, 0.25) is 0 Å². The van der Waals surface area contributed by atoms with E-state index in [1.165, 1.54) is 11.1 Å². The van der Waals surface area contributed by atoms with Gasteiger partial charge < -0.3 is 0 Å². The second-order valence-electron chi connectivity index (χ2n) is 6.78. The molecular weight excluding hydrogens is 260 g/mol. The molecule has 1 amide bonds. The molecule has 1 aromatic rings. The Morgan fingerprint density at radius 2 is 1.90 bits per heavy atom. The highest BCUT2D eigenvalue weighted by molar-refractivity contribution is 5.84. The first-order valence-corrected chi connectivity index (χ1v) is 7.39. The number of hydrogen-bond acceptors (Lipinski definition) is 1. The molecule has 3 heteroatoms. The van der Waals surface area contributed by atoms with E-state index in [0.717, 1.165) is 0 Å². The number of benzene rings is 1. The van der Waals surface area contributed by atoms with Crippen LogP contribution in [0.3, 0.4) is 0 Å². The molecular formula is C18H25N2O+. The number of allylic oxidation sites excluding steroid dienone is 2. The third-order valence-electron chi connectivity index (χ3n) is 3.91. The van der Waals surface area contributed by atoms with Crippen LogP contribution >= 0.6 is 0 Å². The fourth-order valence-corrected chi connectivity index (χ4v) is 2.93. The summed E-state index contributed by atoms with van der Waals surface area (Å²) in [7, 11) is 1.89. The van der Waals surface area contributed by atoms with E-state index in [1.807, 2.05) is 30.1 Å². The second-order valence-corrected chi connectivity index (χ2v) is 6.78. The molecule has 1 aliphatic heterocycles. The van der Waals surface area contributed by atoms with Crippen molar-refractivity contribution in [2.24, 2.45) is 5.41 Å². The first kappa shape index (κ1) is 15.5. The van der Waals surface area contributed by atoms with Crippen LogP contribution in [0.1, 0.15) is 33.3 Å². The normalized spacial score (nSPS) is 22.2. The van der Waals surface area contributed by atoms with Crippen LogP contribution in [0.25, 0.3) is 5.57 Å². The molecule has 2 rings (SSSR count). The third kappa shape index (κ3) is 3.41. The van der Waals surface area contributed by atoms with E-state index in [9.17, 15) is 4.79 Å². The third-order valence-corrected chi connectivity index (χ3v) is 3.91. The Bertz CT molecular complexity index is 579. The summed E-state index contributed by atoms with van der Waals surface area (Å²) in [4.78, 5) is 13.8. The molecule has 1 heterocycles. The average molecular weight is 285 g/mol. The lowest BCUT2D eigenvalue weighted by Crippen LogP contribution is -2.43. The summed E-state index contributed by atoms with van der Waals surface area (Å²) in [6.07, 6.45) is 4.25. The van der Waals surface area contributed by atoms with Gasteiger partial charge in [-0.15, -0.1) is 0 Å². The minimum atomic E-state index is 0.0197. The van der Waals surface area contributed by atoms with Gasteiger partial charge in [-0.1, -0.05) is 51.1 Å². The van der Waals surface area contributed by atoms with Crippen molar-refractivity contribution in [1.29, 1.82) is 0 Å². The van der Waals surface area contributed by atoms with Crippen LogP contribution in [-0.4, -0.2) is 41.4 Å². The predicted molar refractivity (Wildman–Crippen MR) is 87.3 cm³/mol. The van der Waals surface area contributed by atoms with E-state index in [0.29, 0.717) is 6.54 Å². The number of carbonyl (C=O) groups excluding carboxylic acids is 1. The van der Waals surface area contributed by atoms with E-state index in [-0.39, 0.29) is 17.5 Å². The van der Waals surface area contributed by atoms with E-state index < -0.39 is 0 Å². The van der Waals surface area contributed by atoms with Crippen molar-refractivity contribution < 1.29 is 9.37 Å². The molecule has 1 fully saturated rings. The second kappa shape index (κ2) is 5.84. The molecule has 1 aliphatic rings. The summed E-state index contributed by atoms with van der Waals surface area (Å²) in [5.74, 6) is 0.178. The van der Waals surface area contributed by atoms with Crippen molar-refractivity contribution in [1.82, 2.24) is 4.90 Å². The van der Waals surface area contributed by atoms with Gasteiger partial charge in [-0.25, -0.2) is 4.58 Å². The summed E-state index contributed by atoms with van der Waals surface area (Å²) in [5.41, 5.74) is 2.43. The highest BCUT2D eigenvalue weighted by Crippen LogP contribution is 2.27. The highest BCUT2D eigenvalue weighted by atomic mass is 16.2. The number of rotatable bonds is 2. The van der Waals surface area contributed by atoms with Gasteiger partial charge in [-0.05, 0) is 18.1 Å². The molecule has 0 saturated carbocycles. The topological polar surface area (TPSA) is 23.3 Å². The van der Waals surface area contributed by atoms with Crippen molar-refractivity contribution in [2.75, 3.05) is 13.6 Å². The van der Waals surface area contributed by atoms with Gasteiger partial charge in [-0.3, -0.25) is 9.69 Å². The van der Waals surface area contributed by atoms with Crippen molar-refractivity contribution in [3.8, 4) is 0 Å². The van der Waals surface area contributed by atoms with Gasteiger partial charge in [0.2, 0.25) is 12.7 Å². The Labute approximate surface area is 127 Å². The fraction of sp³-hybridized carbons (Fsp3) is 0.444. The Morgan fingerprint density at radius 1 is 1.29 bits per heavy atom. The van der Waals surface area contributed by atoms with Crippen molar-refractivity contribution in [3.05, 3.63) is 42.0 Å². The summed E-state index contributed by atoms with van der Waals surface area (Å²) in [6, 6.07) is 10.3. The quantitative estimate of drug-likeness (QED) is 0.766. The van der Waals surface area contributed by atoms with Crippen LogP contribution in [0.15, 0.2) is 36.4 Å². The smallest absolute Gasteiger partial charge is 0.282 e. The summed E-state index contributed by atoms with van der Waals surface area (Å²) < 4.78 is 2.13. The number of nitrogens with zero attached hydrogens (tertiary/aromatic N) is 2. The lowest BCUT2D eigenvalue weighted by molar-refractivity contribution is -0.566. The highest BCUT2D eigenvalue weighted by Gasteiger charge is 2.46. The van der Waals surface area contributed by atoms with Gasteiger partial charge in [0.05, 0.1) is 0 Å². The van der Waals surface area contributed by atoms with Crippen LogP contribution < -0.4 is 0 Å². The Kier molecular flexibility index (Phi) is 4.31. The number of amides is 1. The molecule has 112 valence electrons. The van der Waals surface area contributed by atoms with Gasteiger partial charge in [0.25, 0.3) is 5.91 Å². The zero-order valence-electron chi connectivity index (χ0n) is 13.6. The molecule has 0 aromatic heterocycles. The van der Waals surface area contributed by atoms with Crippen LogP contribution in [0.4, 0.5) is 0 Å². The van der Waals surface area contributed by atoms with Crippen molar-refractivity contribution in [3.63, 3.8) is 0 Å². The lowest BCUT2D eigenvalue weighted by Gasteiger charge is -2.27. The number of likely N-dealkylation sites (N-methyl/N-ethyl adjacent to an activating group) is 1. The van der Waals surface area contributed by atoms with Gasteiger partial charge in [0.1, 0.15) is 0 Å². The maximum absolute atomic E-state index is 12.0. The number of carbonyl (C=O) groups is 1. The first-order chi connectivity index (χ1) is 9.80. The maximum atomic E-state index is 12.0. The molecule has 1 saturated heterocycles. The molecule has 0 unspecified atom stereocenters. The average Bonchev–Trinajstić information content (AvgIpc) is 2.72. The molecule has 0 radical (unpaired) electrons. The standard InChI is InChI=1S/C18H25N2O/c1-14(15-9-7-6-8-10-15)11-12-20-13-16(21)19(5)17(20)18(2,3)4/h6-12,17H,13H2,1-5H3/q+1/b14-11+,20-12+/t17-/m0/s1. The monoisotopic (exact) mass is 285 g/mol. The molecule has 0 aliphatic carbocycles. The summed E-state index contributed by atoms with van der Waals surface area (Å²) in [5, 5.41) is 0. The van der Waals surface area contributed by atoms with Gasteiger partial charge in [-0.2, -0.15) is 0 Å². The van der Waals surface area contributed by atoms with Crippen molar-refractivity contribution >= 4 is 17.7 Å². The molecule has 3 nitrogen and oxygen atoms in total. The SMILES string of the molecule is C/C(=C\C=[N+]1/CC(=O)N(C)[C@@H]1C(C)(C)C)c1ccccc1. The fourth-order valence-electron chi connectivity index (χ4n) is 2.93. The van der Waals surface area contributed by atoms with Gasteiger partial charge in [0, 0.05) is 18.5 Å². The zero-order chi connectivity index (χ0) is 15.6. The summed E-state index contributed by atoms with van der Waals surface area (Å²) >= 11 is 0. The Hall–Kier alpha value is -1.90. The molecule has 0 N–H and O–H groups in total. The molecule has 1 aromatic carbocycles. The van der Waals surface area contributed by atoms with Crippen LogP contribution in [0.5, 0.6) is 0 Å². The van der Waals surface area contributed by atoms with Gasteiger partial charge >= 0.3 is 0 Å². The Morgan fingerprint density at radius 3 is 2.48 bits per heavy atom. The van der Waals surface area contributed by atoms with Crippen LogP contribution in [-0.2, 0) is 4.79 Å². The minimum absolute atomic E-state index is 0.0197. The maximum Gasteiger partial charge on any atom is 0.292 e. The summed E-state index contributed by atoms with van der Waals surface area (Å²) in [6.45, 7) is 9.06. The van der Waals surface area contributed by atoms with Crippen molar-refractivity contribution in [2.45, 2.75) is 33.9 Å². The number of hydrogen-bond donors (Lipinski definition) is 0. The van der Waals surface area contributed by atoms with Gasteiger partial charge in [0.15, 0.2) is 6.21 Å². The van der Waals surface area contributed by atoms with E-state index in [4.69, 9.17) is 0 Å². The molecule has 0 bridgehead atoms. The van der Waals surface area contributed by atoms with E-state index in [2.05, 4.69) is 56.7 Å². The van der Waals surface area contributed by atoms with Crippen LogP contribution in [0, 0.1) is 5.41 Å². The molecule has 1 atom stereocenters. The van der Waals surface area contributed by atoms with E-state index in [1.54, 1.807) is 0 Å². The zero-order valence-corrected chi connectivity index (χ0v) is 13.6. The lowest BCUT2D eigenvalue weighted by atomic mass is 9.92. The molecule has 21 heavy (non-hydrogen) atoms. The Balaban J connectivity index is 2.30. The predicted octanol–water partition coefficient (Wildman–Crippen LogP) is 3.02. The molecule has 0 spiro atoms.